The van der Waals surface area contributed by atoms with E-state index in [1.807, 2.05) is 0 Å². The Morgan fingerprint density at radius 3 is 2.58 bits per heavy atom. The Hall–Kier alpha value is -2.97. The molecule has 0 aliphatic rings. The second-order valence-corrected chi connectivity index (χ2v) is 5.18. The van der Waals surface area contributed by atoms with Crippen molar-refractivity contribution in [2.75, 3.05) is 0 Å². The molecule has 0 fully saturated rings. The second kappa shape index (κ2) is 5.59. The summed E-state index contributed by atoms with van der Waals surface area (Å²) in [5.41, 5.74) is -0.00154. The molecule has 2 heterocycles. The second-order valence-electron chi connectivity index (χ2n) is 5.18. The fourth-order valence-corrected chi connectivity index (χ4v) is 2.55. The topological polar surface area (TPSA) is 73.8 Å². The predicted octanol–water partition coefficient (Wildman–Crippen LogP) is 3.72. The molecule has 2 aromatic heterocycles. The summed E-state index contributed by atoms with van der Waals surface area (Å²) in [7, 11) is 0. The average Bonchev–Trinajstić information content (AvgIpc) is 2.83. The monoisotopic (exact) mass is 336 g/mol. The van der Waals surface area contributed by atoms with Crippen molar-refractivity contribution in [3.05, 3.63) is 63.6 Å². The van der Waals surface area contributed by atoms with Gasteiger partial charge >= 0.3 is 6.18 Å². The van der Waals surface area contributed by atoms with Gasteiger partial charge in [0.15, 0.2) is 0 Å². The number of hydrogen-bond donors (Lipinski definition) is 0. The maximum Gasteiger partial charge on any atom is 0.433 e. The van der Waals surface area contributed by atoms with Crippen LogP contribution < -0.4 is 0 Å². The summed E-state index contributed by atoms with van der Waals surface area (Å²) in [5.74, 6) is 0. The van der Waals surface area contributed by atoms with E-state index in [2.05, 4.69) is 10.1 Å². The van der Waals surface area contributed by atoms with Crippen LogP contribution in [0, 0.1) is 17.0 Å². The molecule has 24 heavy (non-hydrogen) atoms. The number of hydrogen-bond acceptors (Lipinski definition) is 4. The third-order valence-electron chi connectivity index (χ3n) is 3.54. The molecule has 0 bridgehead atoms. The van der Waals surface area contributed by atoms with Crippen LogP contribution in [-0.2, 0) is 12.7 Å². The Bertz CT molecular complexity index is 934. The van der Waals surface area contributed by atoms with E-state index in [0.29, 0.717) is 16.6 Å². The van der Waals surface area contributed by atoms with Crippen LogP contribution in [0.1, 0.15) is 17.1 Å². The summed E-state index contributed by atoms with van der Waals surface area (Å²) in [6.07, 6.45) is -4.53. The SMILES string of the molecule is Cc1nn(Cc2cccc(C(F)(F)F)n2)c2cccc([N+](=O)[O-])c12. The first-order valence-corrected chi connectivity index (χ1v) is 6.91. The molecular weight excluding hydrogens is 325 g/mol. The Balaban J connectivity index is 2.06. The molecule has 3 rings (SSSR count). The Morgan fingerprint density at radius 1 is 1.21 bits per heavy atom. The number of nitrogens with zero attached hydrogens (tertiary/aromatic N) is 4. The fourth-order valence-electron chi connectivity index (χ4n) is 2.55. The minimum Gasteiger partial charge on any atom is -0.258 e. The summed E-state index contributed by atoms with van der Waals surface area (Å²) < 4.78 is 39.7. The minimum absolute atomic E-state index is 0.0184. The number of rotatable bonds is 3. The molecule has 0 amide bonds. The van der Waals surface area contributed by atoms with Crippen LogP contribution in [0.3, 0.4) is 0 Å². The summed E-state index contributed by atoms with van der Waals surface area (Å²) in [6.45, 7) is 1.60. The number of aromatic nitrogens is 3. The van der Waals surface area contributed by atoms with E-state index in [0.717, 1.165) is 6.07 Å². The zero-order valence-corrected chi connectivity index (χ0v) is 12.4. The van der Waals surface area contributed by atoms with Gasteiger partial charge < -0.3 is 0 Å². The zero-order valence-electron chi connectivity index (χ0n) is 12.4. The number of alkyl halides is 3. The van der Waals surface area contributed by atoms with Gasteiger partial charge in [0.05, 0.1) is 28.4 Å². The van der Waals surface area contributed by atoms with Crippen LogP contribution in [0.2, 0.25) is 0 Å². The standard InChI is InChI=1S/C15H11F3N4O2/c1-9-14-11(5-3-6-12(14)22(23)24)21(20-9)8-10-4-2-7-13(19-10)15(16,17)18/h2-7H,8H2,1H3. The van der Waals surface area contributed by atoms with Crippen molar-refractivity contribution >= 4 is 16.6 Å². The van der Waals surface area contributed by atoms with Crippen molar-refractivity contribution in [3.63, 3.8) is 0 Å². The Kier molecular flexibility index (Phi) is 3.70. The van der Waals surface area contributed by atoms with E-state index in [1.54, 1.807) is 13.0 Å². The van der Waals surface area contributed by atoms with Gasteiger partial charge in [-0.15, -0.1) is 0 Å². The van der Waals surface area contributed by atoms with Gasteiger partial charge in [-0.05, 0) is 25.1 Å². The van der Waals surface area contributed by atoms with Gasteiger partial charge in [-0.2, -0.15) is 18.3 Å². The van der Waals surface area contributed by atoms with Gasteiger partial charge in [-0.25, -0.2) is 4.98 Å². The highest BCUT2D eigenvalue weighted by atomic mass is 19.4. The maximum absolute atomic E-state index is 12.7. The van der Waals surface area contributed by atoms with E-state index in [1.165, 1.54) is 28.9 Å². The van der Waals surface area contributed by atoms with Gasteiger partial charge in [0.25, 0.3) is 5.69 Å². The minimum atomic E-state index is -4.53. The lowest BCUT2D eigenvalue weighted by molar-refractivity contribution is -0.383. The van der Waals surface area contributed by atoms with E-state index in [-0.39, 0.29) is 17.9 Å². The van der Waals surface area contributed by atoms with E-state index < -0.39 is 16.8 Å². The average molecular weight is 336 g/mol. The maximum atomic E-state index is 12.7. The first-order valence-electron chi connectivity index (χ1n) is 6.91. The largest absolute Gasteiger partial charge is 0.433 e. The molecule has 0 unspecified atom stereocenters. The van der Waals surface area contributed by atoms with Gasteiger partial charge in [0, 0.05) is 6.07 Å². The fraction of sp³-hybridized carbons (Fsp3) is 0.200. The van der Waals surface area contributed by atoms with E-state index >= 15 is 0 Å². The molecule has 0 aliphatic heterocycles. The molecule has 6 nitrogen and oxygen atoms in total. The summed E-state index contributed by atoms with van der Waals surface area (Å²) in [5, 5.41) is 15.7. The molecule has 124 valence electrons. The van der Waals surface area contributed by atoms with Gasteiger partial charge in [0.2, 0.25) is 0 Å². The van der Waals surface area contributed by atoms with Crippen molar-refractivity contribution in [1.29, 1.82) is 0 Å². The highest BCUT2D eigenvalue weighted by Crippen LogP contribution is 2.30. The lowest BCUT2D eigenvalue weighted by Gasteiger charge is -2.08. The number of nitro benzene ring substituents is 1. The van der Waals surface area contributed by atoms with Crippen molar-refractivity contribution in [1.82, 2.24) is 14.8 Å². The number of aryl methyl sites for hydroxylation is 1. The molecule has 0 saturated carbocycles. The van der Waals surface area contributed by atoms with Crippen molar-refractivity contribution in [2.24, 2.45) is 0 Å². The molecular formula is C15H11F3N4O2. The molecule has 0 N–H and O–H groups in total. The summed E-state index contributed by atoms with van der Waals surface area (Å²) >= 11 is 0. The molecule has 3 aromatic rings. The lowest BCUT2D eigenvalue weighted by Crippen LogP contribution is -2.11. The molecule has 0 radical (unpaired) electrons. The third-order valence-corrected chi connectivity index (χ3v) is 3.54. The number of benzene rings is 1. The van der Waals surface area contributed by atoms with Crippen LogP contribution in [0.15, 0.2) is 36.4 Å². The van der Waals surface area contributed by atoms with Crippen molar-refractivity contribution in [2.45, 2.75) is 19.6 Å². The predicted molar refractivity (Wildman–Crippen MR) is 79.5 cm³/mol. The molecule has 0 saturated heterocycles. The van der Waals surface area contributed by atoms with E-state index in [9.17, 15) is 23.3 Å². The van der Waals surface area contributed by atoms with Crippen molar-refractivity contribution < 1.29 is 18.1 Å². The molecule has 9 heteroatoms. The summed E-state index contributed by atoms with van der Waals surface area (Å²) in [6, 6.07) is 8.12. The van der Waals surface area contributed by atoms with Gasteiger partial charge in [-0.3, -0.25) is 14.8 Å². The highest BCUT2D eigenvalue weighted by Gasteiger charge is 2.32. The Morgan fingerprint density at radius 2 is 1.92 bits per heavy atom. The quantitative estimate of drug-likeness (QED) is 0.540. The van der Waals surface area contributed by atoms with Gasteiger partial charge in [0.1, 0.15) is 11.1 Å². The number of nitro groups is 1. The first kappa shape index (κ1) is 15.9. The molecule has 1 aromatic carbocycles. The number of non-ortho nitro benzene ring substituents is 1. The highest BCUT2D eigenvalue weighted by molar-refractivity contribution is 5.90. The molecule has 0 spiro atoms. The number of halogens is 3. The Labute approximate surface area is 133 Å². The molecule has 0 aliphatic carbocycles. The number of pyridine rings is 1. The van der Waals surface area contributed by atoms with Crippen LogP contribution in [-0.4, -0.2) is 19.7 Å². The van der Waals surface area contributed by atoms with Crippen LogP contribution >= 0.6 is 0 Å². The van der Waals surface area contributed by atoms with Crippen LogP contribution in [0.25, 0.3) is 10.9 Å². The van der Waals surface area contributed by atoms with Crippen LogP contribution in [0.4, 0.5) is 18.9 Å². The third kappa shape index (κ3) is 2.80. The van der Waals surface area contributed by atoms with E-state index in [4.69, 9.17) is 0 Å². The van der Waals surface area contributed by atoms with Crippen LogP contribution in [0.5, 0.6) is 0 Å². The normalized spacial score (nSPS) is 11.8. The van der Waals surface area contributed by atoms with Crippen molar-refractivity contribution in [3.8, 4) is 0 Å². The summed E-state index contributed by atoms with van der Waals surface area (Å²) in [4.78, 5) is 14.2. The zero-order chi connectivity index (χ0) is 17.5. The first-order chi connectivity index (χ1) is 11.3. The lowest BCUT2D eigenvalue weighted by atomic mass is 10.2. The van der Waals surface area contributed by atoms with Gasteiger partial charge in [-0.1, -0.05) is 12.1 Å². The molecule has 0 atom stereocenters. The smallest absolute Gasteiger partial charge is 0.258 e. The number of fused-ring (bicyclic) bond motifs is 1.